The Balaban J connectivity index is 1.81. The van der Waals surface area contributed by atoms with Crippen LogP contribution in [0.3, 0.4) is 0 Å². The Kier molecular flexibility index (Phi) is 17.4. The first-order valence-electron chi connectivity index (χ1n) is 16.3. The van der Waals surface area contributed by atoms with Gasteiger partial charge in [-0.05, 0) is 62.8 Å². The fourth-order valence-corrected chi connectivity index (χ4v) is 5.54. The number of fused-ring (bicyclic) bond motifs is 1. The molecule has 0 N–H and O–H groups in total. The van der Waals surface area contributed by atoms with Crippen molar-refractivity contribution in [1.29, 1.82) is 0 Å². The van der Waals surface area contributed by atoms with Gasteiger partial charge in [0.25, 0.3) is 0 Å². The molecule has 0 unspecified atom stereocenters. The van der Waals surface area contributed by atoms with Crippen LogP contribution in [0.25, 0.3) is 16.6 Å². The average molecular weight is 509 g/mol. The highest BCUT2D eigenvalue weighted by atomic mass is 15.1. The van der Waals surface area contributed by atoms with Crippen molar-refractivity contribution in [3.05, 3.63) is 36.2 Å². The lowest BCUT2D eigenvalue weighted by atomic mass is 9.96. The van der Waals surface area contributed by atoms with Crippen LogP contribution in [-0.4, -0.2) is 9.55 Å². The molecule has 0 radical (unpaired) electrons. The van der Waals surface area contributed by atoms with Gasteiger partial charge in [-0.1, -0.05) is 135 Å². The second-order valence-corrected chi connectivity index (χ2v) is 11.7. The zero-order chi connectivity index (χ0) is 26.6. The van der Waals surface area contributed by atoms with Gasteiger partial charge in [-0.15, -0.1) is 0 Å². The van der Waals surface area contributed by atoms with Crippen molar-refractivity contribution in [3.63, 3.8) is 0 Å². The molecule has 0 aliphatic rings. The molecule has 37 heavy (non-hydrogen) atoms. The van der Waals surface area contributed by atoms with Gasteiger partial charge in [0.05, 0.1) is 17.4 Å². The molecule has 0 aliphatic heterocycles. The standard InChI is InChI=1S/C35H60N2/c1-5-7-9-11-13-15-17-19-21-23-25-32(26-24-22-20-18-16-14-12-10-8-6-2)33-27-28-35-34(29-33)36-30-37(35)31(3)4/h25,27-31H,5-24,26H2,1-4H3. The minimum atomic E-state index is 0.448. The van der Waals surface area contributed by atoms with Crippen LogP contribution in [0, 0.1) is 0 Å². The number of unbranched alkanes of at least 4 members (excludes halogenated alkanes) is 18. The van der Waals surface area contributed by atoms with E-state index in [-0.39, 0.29) is 0 Å². The second-order valence-electron chi connectivity index (χ2n) is 11.7. The highest BCUT2D eigenvalue weighted by Gasteiger charge is 2.09. The Bertz CT molecular complexity index is 844. The molecule has 0 saturated heterocycles. The summed E-state index contributed by atoms with van der Waals surface area (Å²) in [7, 11) is 0. The maximum absolute atomic E-state index is 4.73. The van der Waals surface area contributed by atoms with Gasteiger partial charge in [-0.3, -0.25) is 0 Å². The molecule has 2 heteroatoms. The van der Waals surface area contributed by atoms with E-state index in [4.69, 9.17) is 4.98 Å². The smallest absolute Gasteiger partial charge is 0.0960 e. The van der Waals surface area contributed by atoms with Gasteiger partial charge >= 0.3 is 0 Å². The molecule has 1 heterocycles. The van der Waals surface area contributed by atoms with Crippen LogP contribution >= 0.6 is 0 Å². The fourth-order valence-electron chi connectivity index (χ4n) is 5.54. The van der Waals surface area contributed by atoms with Crippen molar-refractivity contribution in [3.8, 4) is 0 Å². The summed E-state index contributed by atoms with van der Waals surface area (Å²) in [6, 6.07) is 7.43. The van der Waals surface area contributed by atoms with Crippen LogP contribution in [0.4, 0.5) is 0 Å². The molecule has 2 nitrogen and oxygen atoms in total. The molecule has 1 aromatic heterocycles. The van der Waals surface area contributed by atoms with E-state index in [2.05, 4.69) is 56.5 Å². The molecule has 2 aromatic rings. The van der Waals surface area contributed by atoms with Crippen LogP contribution < -0.4 is 0 Å². The van der Waals surface area contributed by atoms with E-state index in [0.29, 0.717) is 6.04 Å². The highest BCUT2D eigenvalue weighted by Crippen LogP contribution is 2.27. The number of hydrogen-bond acceptors (Lipinski definition) is 1. The summed E-state index contributed by atoms with van der Waals surface area (Å²) in [4.78, 5) is 4.73. The van der Waals surface area contributed by atoms with Crippen LogP contribution in [0.2, 0.25) is 0 Å². The van der Waals surface area contributed by atoms with Crippen molar-refractivity contribution >= 4 is 16.6 Å². The van der Waals surface area contributed by atoms with Crippen molar-refractivity contribution in [2.45, 2.75) is 169 Å². The van der Waals surface area contributed by atoms with Crippen molar-refractivity contribution < 1.29 is 0 Å². The van der Waals surface area contributed by atoms with Crippen LogP contribution in [0.15, 0.2) is 30.6 Å². The minimum absolute atomic E-state index is 0.448. The van der Waals surface area contributed by atoms with E-state index in [0.717, 1.165) is 5.52 Å². The van der Waals surface area contributed by atoms with E-state index < -0.39 is 0 Å². The number of aromatic nitrogens is 2. The third-order valence-electron chi connectivity index (χ3n) is 8.00. The zero-order valence-corrected chi connectivity index (χ0v) is 25.2. The first kappa shape index (κ1) is 31.6. The third kappa shape index (κ3) is 13.2. The van der Waals surface area contributed by atoms with Crippen LogP contribution in [0.1, 0.15) is 174 Å². The predicted molar refractivity (Wildman–Crippen MR) is 166 cm³/mol. The summed E-state index contributed by atoms with van der Waals surface area (Å²) in [6.45, 7) is 9.07. The monoisotopic (exact) mass is 508 g/mol. The summed E-state index contributed by atoms with van der Waals surface area (Å²) in [5.74, 6) is 0. The van der Waals surface area contributed by atoms with Crippen molar-refractivity contribution in [2.75, 3.05) is 0 Å². The maximum Gasteiger partial charge on any atom is 0.0960 e. The van der Waals surface area contributed by atoms with Crippen LogP contribution in [0.5, 0.6) is 0 Å². The Morgan fingerprint density at radius 1 is 0.703 bits per heavy atom. The number of rotatable bonds is 23. The maximum atomic E-state index is 4.73. The molecule has 0 amide bonds. The van der Waals surface area contributed by atoms with Gasteiger partial charge in [0.15, 0.2) is 0 Å². The van der Waals surface area contributed by atoms with Gasteiger partial charge in [-0.2, -0.15) is 0 Å². The number of allylic oxidation sites excluding steroid dienone is 2. The van der Waals surface area contributed by atoms with Gasteiger partial charge in [0, 0.05) is 6.04 Å². The molecular formula is C35H60N2. The number of benzene rings is 1. The van der Waals surface area contributed by atoms with Crippen molar-refractivity contribution in [2.24, 2.45) is 0 Å². The highest BCUT2D eigenvalue weighted by molar-refractivity contribution is 5.81. The summed E-state index contributed by atoms with van der Waals surface area (Å²) in [5.41, 5.74) is 5.35. The molecule has 0 aliphatic carbocycles. The Morgan fingerprint density at radius 2 is 1.22 bits per heavy atom. The van der Waals surface area contributed by atoms with E-state index in [1.807, 2.05) is 6.33 Å². The van der Waals surface area contributed by atoms with Crippen LogP contribution in [-0.2, 0) is 0 Å². The molecule has 2 rings (SSSR count). The lowest BCUT2D eigenvalue weighted by Crippen LogP contribution is -1.98. The molecule has 0 fully saturated rings. The normalized spacial score (nSPS) is 12.3. The van der Waals surface area contributed by atoms with Crippen molar-refractivity contribution in [1.82, 2.24) is 9.55 Å². The lowest BCUT2D eigenvalue weighted by molar-refractivity contribution is 0.558. The molecule has 0 bridgehead atoms. The molecule has 0 atom stereocenters. The van der Waals surface area contributed by atoms with Gasteiger partial charge in [0.1, 0.15) is 0 Å². The van der Waals surface area contributed by atoms with E-state index in [1.165, 1.54) is 146 Å². The summed E-state index contributed by atoms with van der Waals surface area (Å²) in [5, 5.41) is 0. The largest absolute Gasteiger partial charge is 0.328 e. The summed E-state index contributed by atoms with van der Waals surface area (Å²) < 4.78 is 2.28. The SMILES string of the molecule is CCCCCCCCCCCC=C(CCCCCCCCCCCC)c1ccc2c(c1)ncn2C(C)C. The first-order valence-corrected chi connectivity index (χ1v) is 16.3. The van der Waals surface area contributed by atoms with E-state index >= 15 is 0 Å². The molecular weight excluding hydrogens is 448 g/mol. The molecule has 0 saturated carbocycles. The van der Waals surface area contributed by atoms with Gasteiger partial charge < -0.3 is 4.57 Å². The van der Waals surface area contributed by atoms with Gasteiger partial charge in [0.2, 0.25) is 0 Å². The third-order valence-corrected chi connectivity index (χ3v) is 8.00. The topological polar surface area (TPSA) is 17.8 Å². The van der Waals surface area contributed by atoms with Gasteiger partial charge in [-0.25, -0.2) is 4.98 Å². The predicted octanol–water partition coefficient (Wildman–Crippen LogP) is 12.2. The lowest BCUT2D eigenvalue weighted by Gasteiger charge is -2.11. The average Bonchev–Trinajstić information content (AvgIpc) is 3.33. The Labute approximate surface area is 230 Å². The summed E-state index contributed by atoms with van der Waals surface area (Å²) >= 11 is 0. The fraction of sp³-hybridized carbons (Fsp3) is 0.743. The summed E-state index contributed by atoms with van der Waals surface area (Å²) in [6.07, 6.45) is 33.6. The number of nitrogens with zero attached hydrogens (tertiary/aromatic N) is 2. The Hall–Kier alpha value is -1.57. The first-order chi connectivity index (χ1) is 18.2. The molecule has 0 spiro atoms. The number of imidazole rings is 1. The minimum Gasteiger partial charge on any atom is -0.328 e. The zero-order valence-electron chi connectivity index (χ0n) is 25.2. The second kappa shape index (κ2) is 20.4. The quantitative estimate of drug-likeness (QED) is 0.136. The van der Waals surface area contributed by atoms with E-state index in [9.17, 15) is 0 Å². The Morgan fingerprint density at radius 3 is 1.76 bits per heavy atom. The van der Waals surface area contributed by atoms with E-state index in [1.54, 1.807) is 5.57 Å². The molecule has 1 aromatic carbocycles. The molecule has 210 valence electrons. The number of hydrogen-bond donors (Lipinski definition) is 0.